The van der Waals surface area contributed by atoms with Crippen molar-refractivity contribution in [2.24, 2.45) is 0 Å². The maximum Gasteiger partial charge on any atom is 0.230 e. The quantitative estimate of drug-likeness (QED) is 0.586. The minimum atomic E-state index is -0.0402. The monoisotopic (exact) mass is 394 g/mol. The lowest BCUT2D eigenvalue weighted by molar-refractivity contribution is -0.115. The number of thiazole rings is 1. The maximum absolute atomic E-state index is 12.3. The van der Waals surface area contributed by atoms with E-state index in [0.29, 0.717) is 6.42 Å². The van der Waals surface area contributed by atoms with E-state index in [1.54, 1.807) is 11.3 Å². The summed E-state index contributed by atoms with van der Waals surface area (Å²) < 4.78 is 0. The van der Waals surface area contributed by atoms with Gasteiger partial charge in [0.05, 0.1) is 17.1 Å². The molecule has 2 aromatic heterocycles. The smallest absolute Gasteiger partial charge is 0.230 e. The van der Waals surface area contributed by atoms with Crippen molar-refractivity contribution in [1.29, 1.82) is 0 Å². The van der Waals surface area contributed by atoms with Gasteiger partial charge in [0.2, 0.25) is 5.91 Å². The molecule has 0 unspecified atom stereocenters. The Balaban J connectivity index is 1.50. The van der Waals surface area contributed by atoms with Crippen molar-refractivity contribution in [3.8, 4) is 0 Å². The highest BCUT2D eigenvalue weighted by molar-refractivity contribution is 7.09. The minimum absolute atomic E-state index is 0.0402. The molecule has 3 aromatic rings. The van der Waals surface area contributed by atoms with Crippen LogP contribution in [0.1, 0.15) is 30.1 Å². The minimum Gasteiger partial charge on any atom is -0.372 e. The van der Waals surface area contributed by atoms with Crippen LogP contribution < -0.4 is 10.2 Å². The van der Waals surface area contributed by atoms with Crippen molar-refractivity contribution in [2.75, 3.05) is 23.3 Å². The Morgan fingerprint density at radius 3 is 2.43 bits per heavy atom. The first-order chi connectivity index (χ1) is 13.7. The lowest BCUT2D eigenvalue weighted by Gasteiger charge is -2.21. The van der Waals surface area contributed by atoms with Crippen LogP contribution in [0.15, 0.2) is 54.2 Å². The van der Waals surface area contributed by atoms with E-state index >= 15 is 0 Å². The second-order valence-corrected chi connectivity index (χ2v) is 7.47. The van der Waals surface area contributed by atoms with Crippen molar-refractivity contribution in [2.45, 2.75) is 33.1 Å². The standard InChI is InChI=1S/C22H26N4OS/c1-3-26(4-2)20-8-6-18(7-9-20)24-21(27)15-19-16-28-22(25-19)10-5-17-11-13-23-14-12-17/h6-9,11-14,16H,3-5,10,15H2,1-2H3,(H,24,27). The third kappa shape index (κ3) is 5.63. The lowest BCUT2D eigenvalue weighted by atomic mass is 10.1. The molecule has 0 spiro atoms. The highest BCUT2D eigenvalue weighted by atomic mass is 32.1. The molecule has 2 heterocycles. The van der Waals surface area contributed by atoms with E-state index < -0.39 is 0 Å². The summed E-state index contributed by atoms with van der Waals surface area (Å²) in [5.41, 5.74) is 4.06. The molecule has 1 aromatic carbocycles. The Morgan fingerprint density at radius 1 is 1.04 bits per heavy atom. The van der Waals surface area contributed by atoms with Gasteiger partial charge in [-0.25, -0.2) is 4.98 Å². The molecule has 3 rings (SSSR count). The molecule has 146 valence electrons. The lowest BCUT2D eigenvalue weighted by Crippen LogP contribution is -2.21. The summed E-state index contributed by atoms with van der Waals surface area (Å²) in [6.45, 7) is 6.21. The van der Waals surface area contributed by atoms with Crippen LogP contribution >= 0.6 is 11.3 Å². The number of nitrogens with one attached hydrogen (secondary N) is 1. The molecule has 1 N–H and O–H groups in total. The van der Waals surface area contributed by atoms with E-state index in [-0.39, 0.29) is 5.91 Å². The summed E-state index contributed by atoms with van der Waals surface area (Å²) in [7, 11) is 0. The molecule has 5 nitrogen and oxygen atoms in total. The molecule has 0 saturated heterocycles. The number of amides is 1. The van der Waals surface area contributed by atoms with Gasteiger partial charge >= 0.3 is 0 Å². The third-order valence-corrected chi connectivity index (χ3v) is 5.55. The van der Waals surface area contributed by atoms with Crippen molar-refractivity contribution < 1.29 is 4.79 Å². The number of hydrogen-bond acceptors (Lipinski definition) is 5. The molecule has 0 bridgehead atoms. The largest absolute Gasteiger partial charge is 0.372 e. The van der Waals surface area contributed by atoms with Crippen LogP contribution in [0.25, 0.3) is 0 Å². The number of aryl methyl sites for hydroxylation is 2. The number of aromatic nitrogens is 2. The van der Waals surface area contributed by atoms with Crippen LogP contribution in [0, 0.1) is 0 Å². The van der Waals surface area contributed by atoms with Gasteiger partial charge in [-0.05, 0) is 62.2 Å². The van der Waals surface area contributed by atoms with E-state index in [1.165, 1.54) is 11.3 Å². The maximum atomic E-state index is 12.3. The molecule has 28 heavy (non-hydrogen) atoms. The average molecular weight is 395 g/mol. The summed E-state index contributed by atoms with van der Waals surface area (Å²) in [5, 5.41) is 6.00. The number of anilines is 2. The van der Waals surface area contributed by atoms with Crippen molar-refractivity contribution in [3.63, 3.8) is 0 Å². The highest BCUT2D eigenvalue weighted by Gasteiger charge is 2.09. The third-order valence-electron chi connectivity index (χ3n) is 4.60. The zero-order valence-electron chi connectivity index (χ0n) is 16.4. The molecule has 0 saturated carbocycles. The van der Waals surface area contributed by atoms with Crippen LogP contribution in [-0.2, 0) is 24.1 Å². The Hall–Kier alpha value is -2.73. The van der Waals surface area contributed by atoms with Gasteiger partial charge in [-0.2, -0.15) is 0 Å². The SMILES string of the molecule is CCN(CC)c1ccc(NC(=O)Cc2csc(CCc3ccncc3)n2)cc1. The van der Waals surface area contributed by atoms with Gasteiger partial charge in [-0.3, -0.25) is 9.78 Å². The molecule has 0 aliphatic carbocycles. The zero-order valence-corrected chi connectivity index (χ0v) is 17.2. The first-order valence-corrected chi connectivity index (χ1v) is 10.5. The summed E-state index contributed by atoms with van der Waals surface area (Å²) in [6, 6.07) is 12.0. The predicted molar refractivity (Wildman–Crippen MR) is 116 cm³/mol. The number of carbonyl (C=O) groups is 1. The molecule has 0 fully saturated rings. The fourth-order valence-electron chi connectivity index (χ4n) is 3.06. The van der Waals surface area contributed by atoms with Crippen LogP contribution in [0.4, 0.5) is 11.4 Å². The molecule has 6 heteroatoms. The number of hydrogen-bond donors (Lipinski definition) is 1. The molecule has 1 amide bonds. The number of nitrogens with zero attached hydrogens (tertiary/aromatic N) is 3. The van der Waals surface area contributed by atoms with Gasteiger partial charge in [0, 0.05) is 48.7 Å². The first-order valence-electron chi connectivity index (χ1n) is 9.65. The Morgan fingerprint density at radius 2 is 1.75 bits per heavy atom. The van der Waals surface area contributed by atoms with E-state index in [2.05, 4.69) is 34.0 Å². The number of rotatable bonds is 9. The highest BCUT2D eigenvalue weighted by Crippen LogP contribution is 2.18. The molecular weight excluding hydrogens is 368 g/mol. The van der Waals surface area contributed by atoms with Crippen LogP contribution in [0.3, 0.4) is 0 Å². The summed E-state index contributed by atoms with van der Waals surface area (Å²) in [4.78, 5) is 23.2. The molecule has 0 aliphatic heterocycles. The molecule has 0 aliphatic rings. The van der Waals surface area contributed by atoms with E-state index in [1.807, 2.05) is 54.2 Å². The number of pyridine rings is 1. The van der Waals surface area contributed by atoms with Crippen LogP contribution in [-0.4, -0.2) is 29.0 Å². The summed E-state index contributed by atoms with van der Waals surface area (Å²) in [6.07, 6.45) is 5.72. The van der Waals surface area contributed by atoms with E-state index in [0.717, 1.165) is 42.3 Å². The van der Waals surface area contributed by atoms with Crippen molar-refractivity contribution in [1.82, 2.24) is 9.97 Å². The molecular formula is C22H26N4OS. The molecule has 0 atom stereocenters. The fourth-order valence-corrected chi connectivity index (χ4v) is 3.86. The molecule has 0 radical (unpaired) electrons. The second kappa shape index (κ2) is 9.99. The van der Waals surface area contributed by atoms with Gasteiger partial charge in [0.15, 0.2) is 0 Å². The average Bonchev–Trinajstić information content (AvgIpc) is 3.16. The first kappa shape index (κ1) is 20.0. The van der Waals surface area contributed by atoms with Crippen molar-refractivity contribution in [3.05, 3.63) is 70.4 Å². The van der Waals surface area contributed by atoms with E-state index in [4.69, 9.17) is 0 Å². The second-order valence-electron chi connectivity index (χ2n) is 6.53. The Kier molecular flexibility index (Phi) is 7.14. The normalized spacial score (nSPS) is 10.6. The summed E-state index contributed by atoms with van der Waals surface area (Å²) in [5.74, 6) is -0.0402. The van der Waals surface area contributed by atoms with Gasteiger partial charge in [-0.15, -0.1) is 11.3 Å². The number of benzene rings is 1. The van der Waals surface area contributed by atoms with Crippen molar-refractivity contribution >= 4 is 28.6 Å². The Bertz CT molecular complexity index is 873. The van der Waals surface area contributed by atoms with Gasteiger partial charge < -0.3 is 10.2 Å². The summed E-state index contributed by atoms with van der Waals surface area (Å²) >= 11 is 1.61. The topological polar surface area (TPSA) is 58.1 Å². The van der Waals surface area contributed by atoms with E-state index in [9.17, 15) is 4.79 Å². The fraction of sp³-hybridized carbons (Fsp3) is 0.318. The number of carbonyl (C=O) groups excluding carboxylic acids is 1. The van der Waals surface area contributed by atoms with Gasteiger partial charge in [-0.1, -0.05) is 0 Å². The predicted octanol–water partition coefficient (Wildman–Crippen LogP) is 4.35. The van der Waals surface area contributed by atoms with Crippen LogP contribution in [0.5, 0.6) is 0 Å². The Labute approximate surface area is 170 Å². The zero-order chi connectivity index (χ0) is 19.8. The van der Waals surface area contributed by atoms with Crippen LogP contribution in [0.2, 0.25) is 0 Å². The van der Waals surface area contributed by atoms with Gasteiger partial charge in [0.1, 0.15) is 0 Å². The van der Waals surface area contributed by atoms with Gasteiger partial charge in [0.25, 0.3) is 0 Å².